The molecule has 2 aliphatic rings. The number of carbonyl (C=O) groups is 3. The van der Waals surface area contributed by atoms with Gasteiger partial charge in [0, 0.05) is 24.3 Å². The number of nitrogens with one attached hydrogen (secondary N) is 1. The molecule has 8 nitrogen and oxygen atoms in total. The van der Waals surface area contributed by atoms with Crippen LogP contribution in [0.25, 0.3) is 0 Å². The Balaban J connectivity index is 1.52. The van der Waals surface area contributed by atoms with Crippen molar-refractivity contribution in [1.29, 1.82) is 0 Å². The number of Topliss-reactive ketones (excluding diaryl/α,β-unsaturated/α-hetero) is 1. The molecule has 0 aliphatic carbocycles. The van der Waals surface area contributed by atoms with Crippen molar-refractivity contribution >= 4 is 23.3 Å². The summed E-state index contributed by atoms with van der Waals surface area (Å²) in [6, 6.07) is 12.4. The zero-order chi connectivity index (χ0) is 20.5. The third kappa shape index (κ3) is 3.52. The van der Waals surface area contributed by atoms with Gasteiger partial charge in [0.25, 0.3) is 0 Å². The van der Waals surface area contributed by atoms with Gasteiger partial charge < -0.3 is 9.64 Å². The van der Waals surface area contributed by atoms with E-state index in [1.807, 2.05) is 4.90 Å². The van der Waals surface area contributed by atoms with Gasteiger partial charge >= 0.3 is 11.8 Å². The number of ether oxygens (including phenoxy) is 1. The lowest BCUT2D eigenvalue weighted by atomic mass is 10.1. The number of fused-ring (bicyclic) bond motifs is 1. The van der Waals surface area contributed by atoms with Crippen LogP contribution in [0.2, 0.25) is 0 Å². The van der Waals surface area contributed by atoms with Crippen molar-refractivity contribution in [3.63, 3.8) is 0 Å². The Morgan fingerprint density at radius 1 is 1.03 bits per heavy atom. The normalized spacial score (nSPS) is 18.8. The number of rotatable bonds is 5. The number of carbonyl (C=O) groups excluding carboxylic acids is 3. The average molecular weight is 398 g/mol. The third-order valence-electron chi connectivity index (χ3n) is 5.00. The lowest BCUT2D eigenvalue weighted by molar-refractivity contribution is -0.162. The summed E-state index contributed by atoms with van der Waals surface area (Å²) in [5.74, 6) is -1.54. The minimum atomic E-state index is -0.788. The van der Waals surface area contributed by atoms with E-state index < -0.39 is 18.1 Å². The second-order valence-electron chi connectivity index (χ2n) is 6.71. The number of hydrogen-bond acceptors (Lipinski definition) is 6. The van der Waals surface area contributed by atoms with Crippen molar-refractivity contribution in [2.24, 2.45) is 0 Å². The van der Waals surface area contributed by atoms with Gasteiger partial charge in [0.2, 0.25) is 0 Å². The molecule has 0 saturated carbocycles. The quantitative estimate of drug-likeness (QED) is 0.598. The van der Waals surface area contributed by atoms with Crippen LogP contribution in [0.5, 0.6) is 5.75 Å². The van der Waals surface area contributed by atoms with Gasteiger partial charge in [-0.05, 0) is 48.5 Å². The van der Waals surface area contributed by atoms with E-state index in [0.29, 0.717) is 30.1 Å². The Bertz CT molecular complexity index is 948. The average Bonchev–Trinajstić information content (AvgIpc) is 3.16. The summed E-state index contributed by atoms with van der Waals surface area (Å²) in [5, 5.41) is 1.04. The van der Waals surface area contributed by atoms with Crippen LogP contribution in [0.4, 0.5) is 10.1 Å². The molecule has 0 aromatic heterocycles. The van der Waals surface area contributed by atoms with Gasteiger partial charge in [0.05, 0.1) is 7.11 Å². The minimum absolute atomic E-state index is 0.293. The monoisotopic (exact) mass is 398 g/mol. The van der Waals surface area contributed by atoms with Gasteiger partial charge in [-0.15, -0.1) is 0 Å². The SMILES string of the molecule is COc1ccc(C(=O)CN2NC3N(CCN3c3ccc(F)cc3)C(=O)C2=O)cc1. The van der Waals surface area contributed by atoms with E-state index >= 15 is 0 Å². The molecule has 150 valence electrons. The second kappa shape index (κ2) is 7.51. The summed E-state index contributed by atoms with van der Waals surface area (Å²) in [6.07, 6.45) is -0.630. The predicted octanol–water partition coefficient (Wildman–Crippen LogP) is 0.996. The van der Waals surface area contributed by atoms with Crippen LogP contribution in [-0.4, -0.2) is 60.5 Å². The summed E-state index contributed by atoms with van der Waals surface area (Å²) in [5.41, 5.74) is 4.06. The fourth-order valence-electron chi connectivity index (χ4n) is 3.45. The van der Waals surface area contributed by atoms with E-state index in [2.05, 4.69) is 5.43 Å². The number of methoxy groups -OCH3 is 1. The van der Waals surface area contributed by atoms with Gasteiger partial charge in [-0.2, -0.15) is 5.43 Å². The fraction of sp³-hybridized carbons (Fsp3) is 0.250. The summed E-state index contributed by atoms with van der Waals surface area (Å²) in [6.45, 7) is 0.529. The van der Waals surface area contributed by atoms with Crippen LogP contribution in [0.3, 0.4) is 0 Å². The van der Waals surface area contributed by atoms with Crippen molar-refractivity contribution < 1.29 is 23.5 Å². The summed E-state index contributed by atoms with van der Waals surface area (Å²) >= 11 is 0. The Morgan fingerprint density at radius 3 is 2.34 bits per heavy atom. The molecule has 0 radical (unpaired) electrons. The van der Waals surface area contributed by atoms with Crippen LogP contribution >= 0.6 is 0 Å². The van der Waals surface area contributed by atoms with Crippen molar-refractivity contribution in [2.75, 3.05) is 31.6 Å². The summed E-state index contributed by atoms with van der Waals surface area (Å²) in [4.78, 5) is 40.8. The van der Waals surface area contributed by atoms with Crippen molar-refractivity contribution in [2.45, 2.75) is 6.29 Å². The van der Waals surface area contributed by atoms with E-state index in [-0.39, 0.29) is 18.1 Å². The largest absolute Gasteiger partial charge is 0.497 e. The molecule has 9 heteroatoms. The van der Waals surface area contributed by atoms with Gasteiger partial charge in [-0.3, -0.25) is 24.3 Å². The zero-order valence-electron chi connectivity index (χ0n) is 15.7. The maximum Gasteiger partial charge on any atom is 0.326 e. The van der Waals surface area contributed by atoms with Crippen molar-refractivity contribution in [1.82, 2.24) is 15.3 Å². The Hall–Kier alpha value is -3.46. The first-order valence-corrected chi connectivity index (χ1v) is 9.06. The highest BCUT2D eigenvalue weighted by atomic mass is 19.1. The molecule has 1 N–H and O–H groups in total. The number of benzene rings is 2. The van der Waals surface area contributed by atoms with Crippen LogP contribution in [-0.2, 0) is 9.59 Å². The first-order valence-electron chi connectivity index (χ1n) is 9.06. The molecule has 2 aliphatic heterocycles. The molecule has 2 saturated heterocycles. The fourth-order valence-corrected chi connectivity index (χ4v) is 3.45. The minimum Gasteiger partial charge on any atom is -0.497 e. The number of nitrogens with zero attached hydrogens (tertiary/aromatic N) is 3. The molecule has 1 atom stereocenters. The van der Waals surface area contributed by atoms with Gasteiger partial charge in [-0.25, -0.2) is 4.39 Å². The lowest BCUT2D eigenvalue weighted by Crippen LogP contribution is -2.68. The molecule has 2 heterocycles. The smallest absolute Gasteiger partial charge is 0.326 e. The van der Waals surface area contributed by atoms with E-state index in [1.165, 1.54) is 24.1 Å². The number of halogens is 1. The maximum atomic E-state index is 13.2. The molecule has 2 fully saturated rings. The topological polar surface area (TPSA) is 82.2 Å². The third-order valence-corrected chi connectivity index (χ3v) is 5.00. The van der Waals surface area contributed by atoms with Gasteiger partial charge in [-0.1, -0.05) is 0 Å². The van der Waals surface area contributed by atoms with E-state index in [0.717, 1.165) is 5.01 Å². The van der Waals surface area contributed by atoms with Crippen LogP contribution in [0.15, 0.2) is 48.5 Å². The number of anilines is 1. The predicted molar refractivity (Wildman–Crippen MR) is 101 cm³/mol. The van der Waals surface area contributed by atoms with Gasteiger partial charge in [0.1, 0.15) is 18.1 Å². The standard InChI is InChI=1S/C20H19FN4O4/c1-29-16-8-2-13(3-9-16)17(26)12-25-19(28)18(27)24-11-10-23(20(24)22-25)15-6-4-14(21)5-7-15/h2-9,20,22H,10-12H2,1H3. The Morgan fingerprint density at radius 2 is 1.69 bits per heavy atom. The number of amides is 2. The summed E-state index contributed by atoms with van der Waals surface area (Å²) in [7, 11) is 1.53. The highest BCUT2D eigenvalue weighted by Crippen LogP contribution is 2.25. The second-order valence-corrected chi connectivity index (χ2v) is 6.71. The van der Waals surface area contributed by atoms with E-state index in [9.17, 15) is 18.8 Å². The van der Waals surface area contributed by atoms with E-state index in [1.54, 1.807) is 36.4 Å². The molecular weight excluding hydrogens is 379 g/mol. The summed E-state index contributed by atoms with van der Waals surface area (Å²) < 4.78 is 18.3. The number of hydrazine groups is 1. The first-order chi connectivity index (χ1) is 14.0. The first kappa shape index (κ1) is 18.9. The molecule has 29 heavy (non-hydrogen) atoms. The molecule has 2 aromatic carbocycles. The highest BCUT2D eigenvalue weighted by Gasteiger charge is 2.45. The number of ketones is 1. The molecule has 2 aromatic rings. The van der Waals surface area contributed by atoms with Crippen molar-refractivity contribution in [3.8, 4) is 5.75 Å². The molecule has 1 unspecified atom stereocenters. The van der Waals surface area contributed by atoms with Crippen molar-refractivity contribution in [3.05, 3.63) is 59.9 Å². The lowest BCUT2D eigenvalue weighted by Gasteiger charge is -2.40. The molecular formula is C20H19FN4O4. The molecule has 0 spiro atoms. The Labute approximate surface area is 166 Å². The molecule has 0 bridgehead atoms. The van der Waals surface area contributed by atoms with Crippen LogP contribution < -0.4 is 15.1 Å². The van der Waals surface area contributed by atoms with Crippen LogP contribution in [0, 0.1) is 5.82 Å². The van der Waals surface area contributed by atoms with Crippen LogP contribution in [0.1, 0.15) is 10.4 Å². The molecule has 4 rings (SSSR count). The molecule has 2 amide bonds. The van der Waals surface area contributed by atoms with E-state index in [4.69, 9.17) is 4.74 Å². The highest BCUT2D eigenvalue weighted by molar-refractivity contribution is 6.35. The number of hydrogen-bond donors (Lipinski definition) is 1. The maximum absolute atomic E-state index is 13.2. The Kier molecular flexibility index (Phi) is 4.89. The zero-order valence-corrected chi connectivity index (χ0v) is 15.7. The van der Waals surface area contributed by atoms with Gasteiger partial charge in [0.15, 0.2) is 12.1 Å².